The van der Waals surface area contributed by atoms with E-state index in [0.717, 1.165) is 58.1 Å². The number of carbonyl (C=O) groups is 2. The lowest BCUT2D eigenvalue weighted by Gasteiger charge is -2.28. The molecular formula is C28H29N3O3S. The monoisotopic (exact) mass is 487 g/mol. The maximum absolute atomic E-state index is 13.8. The largest absolute Gasteiger partial charge is 0.493 e. The number of fused-ring (bicyclic) bond motifs is 2. The highest BCUT2D eigenvalue weighted by Crippen LogP contribution is 2.50. The Bertz CT molecular complexity index is 1320. The van der Waals surface area contributed by atoms with E-state index in [-0.39, 0.29) is 17.9 Å². The van der Waals surface area contributed by atoms with Crippen LogP contribution in [0.3, 0.4) is 0 Å². The number of ether oxygens (including phenoxy) is 1. The van der Waals surface area contributed by atoms with Crippen molar-refractivity contribution in [3.8, 4) is 16.2 Å². The normalized spacial score (nSPS) is 22.2. The van der Waals surface area contributed by atoms with Gasteiger partial charge in [0.25, 0.3) is 11.8 Å². The van der Waals surface area contributed by atoms with Gasteiger partial charge in [-0.25, -0.2) is 4.98 Å². The average Bonchev–Trinajstić information content (AvgIpc) is 3.38. The number of carbonyl (C=O) groups excluding carboxylic acids is 2. The number of aromatic nitrogens is 1. The van der Waals surface area contributed by atoms with Crippen molar-refractivity contribution in [3.63, 3.8) is 0 Å². The third kappa shape index (κ3) is 4.12. The summed E-state index contributed by atoms with van der Waals surface area (Å²) < 4.78 is 5.73. The van der Waals surface area contributed by atoms with Gasteiger partial charge in [-0.2, -0.15) is 0 Å². The predicted molar refractivity (Wildman–Crippen MR) is 136 cm³/mol. The number of thiazole rings is 1. The van der Waals surface area contributed by atoms with E-state index in [2.05, 4.69) is 29.4 Å². The lowest BCUT2D eigenvalue weighted by Crippen LogP contribution is -2.46. The Hall–Kier alpha value is -3.19. The topological polar surface area (TPSA) is 71.5 Å². The summed E-state index contributed by atoms with van der Waals surface area (Å²) in [5.74, 6) is 1.68. The first-order valence-corrected chi connectivity index (χ1v) is 13.2. The number of amides is 2. The number of hydrogen-bond acceptors (Lipinski definition) is 5. The molecule has 1 saturated heterocycles. The summed E-state index contributed by atoms with van der Waals surface area (Å²) in [7, 11) is 0. The molecule has 180 valence electrons. The summed E-state index contributed by atoms with van der Waals surface area (Å²) >= 11 is 1.56. The maximum Gasteiger partial charge on any atom is 0.274 e. The van der Waals surface area contributed by atoms with Gasteiger partial charge in [-0.15, -0.1) is 11.3 Å². The fourth-order valence-electron chi connectivity index (χ4n) is 5.65. The van der Waals surface area contributed by atoms with Crippen molar-refractivity contribution in [2.75, 3.05) is 19.7 Å². The Balaban J connectivity index is 1.21. The van der Waals surface area contributed by atoms with Gasteiger partial charge in [0.1, 0.15) is 11.4 Å². The van der Waals surface area contributed by atoms with Gasteiger partial charge in [0.2, 0.25) is 0 Å². The minimum absolute atomic E-state index is 0.000367. The summed E-state index contributed by atoms with van der Waals surface area (Å²) in [4.78, 5) is 34.4. The van der Waals surface area contributed by atoms with Gasteiger partial charge in [0.15, 0.2) is 0 Å². The van der Waals surface area contributed by atoms with Crippen molar-refractivity contribution in [1.29, 1.82) is 0 Å². The molecule has 2 aliphatic heterocycles. The Morgan fingerprint density at radius 3 is 2.91 bits per heavy atom. The van der Waals surface area contributed by atoms with Crippen LogP contribution in [0.25, 0.3) is 10.4 Å². The second-order valence-electron chi connectivity index (χ2n) is 9.91. The Morgan fingerprint density at radius 2 is 2.06 bits per heavy atom. The molecule has 35 heavy (non-hydrogen) atoms. The molecule has 2 fully saturated rings. The first kappa shape index (κ1) is 22.3. The van der Waals surface area contributed by atoms with Crippen LogP contribution < -0.4 is 10.1 Å². The minimum atomic E-state index is -0.0891. The molecule has 2 amide bonds. The molecule has 6 nitrogen and oxygen atoms in total. The molecule has 0 radical (unpaired) electrons. The molecule has 3 atom stereocenters. The lowest BCUT2D eigenvalue weighted by atomic mass is 9.99. The molecule has 2 aromatic carbocycles. The smallest absolute Gasteiger partial charge is 0.274 e. The van der Waals surface area contributed by atoms with Crippen molar-refractivity contribution in [2.24, 2.45) is 11.8 Å². The van der Waals surface area contributed by atoms with E-state index in [1.807, 2.05) is 42.2 Å². The summed E-state index contributed by atoms with van der Waals surface area (Å²) in [5, 5.41) is 4.02. The molecule has 3 aliphatic rings. The number of nitrogens with one attached hydrogen (secondary N) is 1. The number of benzene rings is 2. The standard InChI is InChI=1S/C28H29N3O3S/c1-16-6-3-7-18(12-16)26-25(30-17(2)35-26)28(33)31-15-19-13-22(19)23(31)14-29-27(32)21-8-4-10-24-20(21)9-5-11-34-24/h3-4,6-8,10,12,19,22-23H,5,9,11,13-15H2,1-2H3,(H,29,32)/t19-,22-,23+/m0/s1. The van der Waals surface area contributed by atoms with E-state index in [1.165, 1.54) is 0 Å². The molecule has 0 unspecified atom stereocenters. The van der Waals surface area contributed by atoms with Gasteiger partial charge in [0.05, 0.1) is 22.5 Å². The maximum atomic E-state index is 13.8. The zero-order valence-corrected chi connectivity index (χ0v) is 20.9. The number of nitrogens with zero attached hydrogens (tertiary/aromatic N) is 2. The molecular weight excluding hydrogens is 458 g/mol. The van der Waals surface area contributed by atoms with Crippen LogP contribution in [0.5, 0.6) is 5.75 Å². The van der Waals surface area contributed by atoms with Crippen LogP contribution in [0.2, 0.25) is 0 Å². The fourth-order valence-corrected chi connectivity index (χ4v) is 6.56. The van der Waals surface area contributed by atoms with Crippen LogP contribution in [0.4, 0.5) is 0 Å². The quantitative estimate of drug-likeness (QED) is 0.569. The van der Waals surface area contributed by atoms with Gasteiger partial charge < -0.3 is 15.0 Å². The molecule has 3 heterocycles. The Kier molecular flexibility index (Phi) is 5.60. The number of hydrogen-bond donors (Lipinski definition) is 1. The highest BCUT2D eigenvalue weighted by atomic mass is 32.1. The van der Waals surface area contributed by atoms with E-state index in [9.17, 15) is 9.59 Å². The van der Waals surface area contributed by atoms with Crippen molar-refractivity contribution in [1.82, 2.24) is 15.2 Å². The minimum Gasteiger partial charge on any atom is -0.493 e. The van der Waals surface area contributed by atoms with Crippen molar-refractivity contribution >= 4 is 23.2 Å². The van der Waals surface area contributed by atoms with Crippen molar-refractivity contribution in [2.45, 2.75) is 39.2 Å². The van der Waals surface area contributed by atoms with Crippen LogP contribution >= 0.6 is 11.3 Å². The molecule has 1 aromatic heterocycles. The van der Waals surface area contributed by atoms with Crippen LogP contribution in [-0.2, 0) is 6.42 Å². The number of aryl methyl sites for hydroxylation is 2. The van der Waals surface area contributed by atoms with E-state index in [4.69, 9.17) is 4.74 Å². The lowest BCUT2D eigenvalue weighted by molar-refractivity contribution is 0.0690. The fraction of sp³-hybridized carbons (Fsp3) is 0.393. The molecule has 7 heteroatoms. The van der Waals surface area contributed by atoms with Crippen molar-refractivity contribution in [3.05, 3.63) is 69.9 Å². The number of piperidine rings is 1. The number of likely N-dealkylation sites (tertiary alicyclic amines) is 1. The zero-order valence-electron chi connectivity index (χ0n) is 20.0. The average molecular weight is 488 g/mol. The third-order valence-electron chi connectivity index (χ3n) is 7.46. The summed E-state index contributed by atoms with van der Waals surface area (Å²) in [6, 6.07) is 13.9. The summed E-state index contributed by atoms with van der Waals surface area (Å²) in [6.07, 6.45) is 2.89. The van der Waals surface area contributed by atoms with E-state index < -0.39 is 0 Å². The molecule has 0 bridgehead atoms. The number of rotatable bonds is 5. The second-order valence-corrected chi connectivity index (χ2v) is 11.1. The molecule has 0 spiro atoms. The predicted octanol–water partition coefficient (Wildman–Crippen LogP) is 4.64. The first-order valence-electron chi connectivity index (χ1n) is 12.4. The van der Waals surface area contributed by atoms with E-state index in [0.29, 0.717) is 36.2 Å². The van der Waals surface area contributed by atoms with Gasteiger partial charge in [-0.05, 0) is 62.6 Å². The Morgan fingerprint density at radius 1 is 1.20 bits per heavy atom. The molecule has 3 aromatic rings. The SMILES string of the molecule is Cc1cccc(-c2sc(C)nc2C(=O)N2C[C@@H]3C[C@@H]3[C@H]2CNC(=O)c2cccc3c2CCCO3)c1. The third-order valence-corrected chi connectivity index (χ3v) is 8.48. The first-order chi connectivity index (χ1) is 17.0. The Labute approximate surface area is 209 Å². The highest BCUT2D eigenvalue weighted by molar-refractivity contribution is 7.15. The van der Waals surface area contributed by atoms with Crippen LogP contribution in [0.1, 0.15) is 49.8 Å². The summed E-state index contributed by atoms with van der Waals surface area (Å²) in [6.45, 7) is 5.90. The van der Waals surface area contributed by atoms with Gasteiger partial charge in [-0.3, -0.25) is 9.59 Å². The van der Waals surface area contributed by atoms with Crippen LogP contribution in [0.15, 0.2) is 42.5 Å². The summed E-state index contributed by atoms with van der Waals surface area (Å²) in [5.41, 5.74) is 4.39. The van der Waals surface area contributed by atoms with Gasteiger partial charge in [-0.1, -0.05) is 35.9 Å². The van der Waals surface area contributed by atoms with E-state index in [1.54, 1.807) is 11.3 Å². The van der Waals surface area contributed by atoms with Crippen molar-refractivity contribution < 1.29 is 14.3 Å². The van der Waals surface area contributed by atoms with Gasteiger partial charge in [0, 0.05) is 24.2 Å². The molecule has 6 rings (SSSR count). The van der Waals surface area contributed by atoms with E-state index >= 15 is 0 Å². The van der Waals surface area contributed by atoms with Crippen LogP contribution in [0, 0.1) is 25.7 Å². The van der Waals surface area contributed by atoms with Gasteiger partial charge >= 0.3 is 0 Å². The molecule has 1 aliphatic carbocycles. The second kappa shape index (κ2) is 8.79. The van der Waals surface area contributed by atoms with Crippen LogP contribution in [-0.4, -0.2) is 47.4 Å². The molecule has 1 N–H and O–H groups in total. The zero-order chi connectivity index (χ0) is 24.1. The highest BCUT2D eigenvalue weighted by Gasteiger charge is 2.54. The molecule has 1 saturated carbocycles.